The van der Waals surface area contributed by atoms with Crippen LogP contribution in [0.1, 0.15) is 6.42 Å². The van der Waals surface area contributed by atoms with Gasteiger partial charge in [-0.2, -0.15) is 0 Å². The molecular weight excluding hydrogens is 288 g/mol. The lowest BCUT2D eigenvalue weighted by Gasteiger charge is -2.08. The zero-order valence-electron chi connectivity index (χ0n) is 10.6. The first-order valence-corrected chi connectivity index (χ1v) is 5.96. The molecule has 108 valence electrons. The van der Waals surface area contributed by atoms with Crippen LogP contribution in [0.25, 0.3) is 0 Å². The number of phenols is 1. The van der Waals surface area contributed by atoms with Crippen molar-refractivity contribution in [3.63, 3.8) is 0 Å². The third kappa shape index (κ3) is 4.77. The van der Waals surface area contributed by atoms with Gasteiger partial charge in [0.05, 0.1) is 19.2 Å². The van der Waals surface area contributed by atoms with E-state index in [1.807, 2.05) is 0 Å². The quantitative estimate of drug-likeness (QED) is 0.430. The molecule has 0 saturated carbocycles. The predicted octanol–water partition coefficient (Wildman–Crippen LogP) is 0.663. The summed E-state index contributed by atoms with van der Waals surface area (Å²) in [6.07, 6.45) is -0.0437. The van der Waals surface area contributed by atoms with Crippen molar-refractivity contribution in [3.8, 4) is 5.75 Å². The van der Waals surface area contributed by atoms with E-state index < -0.39 is 17.8 Å². The van der Waals surface area contributed by atoms with Gasteiger partial charge in [0.15, 0.2) is 0 Å². The van der Waals surface area contributed by atoms with Crippen LogP contribution in [0.15, 0.2) is 18.2 Å². The first-order valence-electron chi connectivity index (χ1n) is 5.58. The van der Waals surface area contributed by atoms with Crippen molar-refractivity contribution in [2.75, 3.05) is 19.0 Å². The smallest absolute Gasteiger partial charge is 0.313 e. The second-order valence-electron chi connectivity index (χ2n) is 3.70. The van der Waals surface area contributed by atoms with Crippen molar-refractivity contribution in [1.29, 1.82) is 0 Å². The lowest BCUT2D eigenvalue weighted by Crippen LogP contribution is -2.36. The Labute approximate surface area is 119 Å². The van der Waals surface area contributed by atoms with Crippen molar-refractivity contribution in [2.45, 2.75) is 6.42 Å². The summed E-state index contributed by atoms with van der Waals surface area (Å²) in [4.78, 5) is 33.8. The van der Waals surface area contributed by atoms with Gasteiger partial charge in [-0.15, -0.1) is 0 Å². The predicted molar refractivity (Wildman–Crippen MR) is 71.4 cm³/mol. The van der Waals surface area contributed by atoms with Gasteiger partial charge in [0.25, 0.3) is 0 Å². The molecule has 2 amide bonds. The first-order chi connectivity index (χ1) is 9.43. The summed E-state index contributed by atoms with van der Waals surface area (Å²) in [6.45, 7) is -0.0273. The first kappa shape index (κ1) is 15.8. The molecule has 0 aliphatic rings. The zero-order valence-corrected chi connectivity index (χ0v) is 11.4. The molecule has 3 N–H and O–H groups in total. The standard InChI is InChI=1S/C12H13ClN2O5/c1-20-10(17)4-5-14-11(18)12(19)15-8-6-7(13)2-3-9(8)16/h2-3,6,16H,4-5H2,1H3,(H,14,18)(H,15,19). The van der Waals surface area contributed by atoms with Crippen molar-refractivity contribution in [3.05, 3.63) is 23.2 Å². The molecule has 8 heteroatoms. The van der Waals surface area contributed by atoms with E-state index in [9.17, 15) is 19.5 Å². The fraction of sp³-hybridized carbons (Fsp3) is 0.250. The van der Waals surface area contributed by atoms with Crippen molar-refractivity contribution in [2.24, 2.45) is 0 Å². The highest BCUT2D eigenvalue weighted by molar-refractivity contribution is 6.40. The van der Waals surface area contributed by atoms with E-state index in [1.54, 1.807) is 0 Å². The molecular formula is C12H13ClN2O5. The third-order valence-electron chi connectivity index (χ3n) is 2.26. The van der Waals surface area contributed by atoms with Gasteiger partial charge in [-0.3, -0.25) is 14.4 Å². The Kier molecular flexibility index (Phi) is 5.79. The molecule has 0 aliphatic heterocycles. The second kappa shape index (κ2) is 7.34. The number of benzene rings is 1. The molecule has 1 rings (SSSR count). The van der Waals surface area contributed by atoms with E-state index >= 15 is 0 Å². The molecule has 0 heterocycles. The van der Waals surface area contributed by atoms with E-state index in [4.69, 9.17) is 11.6 Å². The number of hydrogen-bond acceptors (Lipinski definition) is 5. The Morgan fingerprint density at radius 3 is 2.65 bits per heavy atom. The Balaban J connectivity index is 2.51. The molecule has 0 bridgehead atoms. The molecule has 7 nitrogen and oxygen atoms in total. The minimum absolute atomic E-state index is 0.0191. The minimum Gasteiger partial charge on any atom is -0.506 e. The van der Waals surface area contributed by atoms with Gasteiger partial charge in [0, 0.05) is 11.6 Å². The Morgan fingerprint density at radius 1 is 1.30 bits per heavy atom. The van der Waals surface area contributed by atoms with Crippen LogP contribution >= 0.6 is 11.6 Å². The van der Waals surface area contributed by atoms with Crippen LogP contribution < -0.4 is 10.6 Å². The molecule has 1 aromatic carbocycles. The van der Waals surface area contributed by atoms with E-state index in [0.29, 0.717) is 5.02 Å². The number of carbonyl (C=O) groups is 3. The molecule has 0 fully saturated rings. The van der Waals surface area contributed by atoms with E-state index in [0.717, 1.165) is 0 Å². The summed E-state index contributed by atoms with van der Waals surface area (Å²) in [6, 6.07) is 4.02. The van der Waals surface area contributed by atoms with Gasteiger partial charge in [-0.25, -0.2) is 0 Å². The van der Waals surface area contributed by atoms with Crippen LogP contribution in [0.2, 0.25) is 5.02 Å². The second-order valence-corrected chi connectivity index (χ2v) is 4.13. The highest BCUT2D eigenvalue weighted by atomic mass is 35.5. The summed E-state index contributed by atoms with van der Waals surface area (Å²) in [5, 5.41) is 14.2. The number of amides is 2. The molecule has 0 spiro atoms. The SMILES string of the molecule is COC(=O)CCNC(=O)C(=O)Nc1cc(Cl)ccc1O. The molecule has 0 saturated heterocycles. The summed E-state index contributed by atoms with van der Waals surface area (Å²) in [7, 11) is 1.22. The molecule has 0 atom stereocenters. The number of methoxy groups -OCH3 is 1. The van der Waals surface area contributed by atoms with Crippen molar-refractivity contribution < 1.29 is 24.2 Å². The fourth-order valence-electron chi connectivity index (χ4n) is 1.25. The van der Waals surface area contributed by atoms with Gasteiger partial charge in [-0.05, 0) is 18.2 Å². The molecule has 0 unspecified atom stereocenters. The summed E-state index contributed by atoms with van der Waals surface area (Å²) < 4.78 is 4.38. The minimum atomic E-state index is -0.979. The third-order valence-corrected chi connectivity index (χ3v) is 2.49. The molecule has 0 aliphatic carbocycles. The maximum absolute atomic E-state index is 11.5. The monoisotopic (exact) mass is 300 g/mol. The number of phenolic OH excluding ortho intramolecular Hbond substituents is 1. The van der Waals surface area contributed by atoms with E-state index in [2.05, 4.69) is 15.4 Å². The normalized spacial score (nSPS) is 9.70. The van der Waals surface area contributed by atoms with E-state index in [-0.39, 0.29) is 24.4 Å². The van der Waals surface area contributed by atoms with Gasteiger partial charge in [-0.1, -0.05) is 11.6 Å². The fourth-order valence-corrected chi connectivity index (χ4v) is 1.42. The Morgan fingerprint density at radius 2 is 2.00 bits per heavy atom. The van der Waals surface area contributed by atoms with Gasteiger partial charge < -0.3 is 20.5 Å². The summed E-state index contributed by atoms with van der Waals surface area (Å²) in [5.74, 6) is -2.64. The van der Waals surface area contributed by atoms with Crippen LogP contribution in [0.3, 0.4) is 0 Å². The molecule has 0 radical (unpaired) electrons. The number of nitrogens with one attached hydrogen (secondary N) is 2. The lowest BCUT2D eigenvalue weighted by molar-refractivity contribution is -0.141. The number of esters is 1. The number of rotatable bonds is 4. The number of hydrogen-bond donors (Lipinski definition) is 3. The lowest BCUT2D eigenvalue weighted by atomic mass is 10.3. The Bertz CT molecular complexity index is 533. The van der Waals surface area contributed by atoms with Crippen LogP contribution in [-0.2, 0) is 19.1 Å². The average molecular weight is 301 g/mol. The topological polar surface area (TPSA) is 105 Å². The Hall–Kier alpha value is -2.28. The van der Waals surface area contributed by atoms with Gasteiger partial charge in [0.2, 0.25) is 0 Å². The van der Waals surface area contributed by atoms with Crippen LogP contribution in [0.4, 0.5) is 5.69 Å². The van der Waals surface area contributed by atoms with Crippen LogP contribution in [0, 0.1) is 0 Å². The molecule has 20 heavy (non-hydrogen) atoms. The number of ether oxygens (including phenoxy) is 1. The van der Waals surface area contributed by atoms with Gasteiger partial charge >= 0.3 is 17.8 Å². The average Bonchev–Trinajstić information content (AvgIpc) is 2.42. The van der Waals surface area contributed by atoms with E-state index in [1.165, 1.54) is 25.3 Å². The molecule has 1 aromatic rings. The largest absolute Gasteiger partial charge is 0.506 e. The zero-order chi connectivity index (χ0) is 15.1. The van der Waals surface area contributed by atoms with Crippen LogP contribution in [0.5, 0.6) is 5.75 Å². The number of carbonyl (C=O) groups excluding carboxylic acids is 3. The number of halogens is 1. The number of aromatic hydroxyl groups is 1. The maximum Gasteiger partial charge on any atom is 0.313 e. The summed E-state index contributed by atoms with van der Waals surface area (Å²) in [5.41, 5.74) is 0.0191. The van der Waals surface area contributed by atoms with Gasteiger partial charge in [0.1, 0.15) is 5.75 Å². The summed E-state index contributed by atoms with van der Waals surface area (Å²) >= 11 is 5.70. The maximum atomic E-state index is 11.5. The molecule has 0 aromatic heterocycles. The van der Waals surface area contributed by atoms with Crippen LogP contribution in [-0.4, -0.2) is 36.5 Å². The van der Waals surface area contributed by atoms with Crippen molar-refractivity contribution >= 4 is 35.1 Å². The van der Waals surface area contributed by atoms with Crippen molar-refractivity contribution in [1.82, 2.24) is 5.32 Å². The highest BCUT2D eigenvalue weighted by Gasteiger charge is 2.15. The number of anilines is 1. The highest BCUT2D eigenvalue weighted by Crippen LogP contribution is 2.26.